The fraction of sp³-hybridized carbons (Fsp3) is 0. The average Bonchev–Trinajstić information content (AvgIpc) is 1.90. The first-order valence-corrected chi connectivity index (χ1v) is 5.10. The van der Waals surface area contributed by atoms with Crippen LogP contribution in [0.4, 0.5) is 0 Å². The molecule has 0 fully saturated rings. The monoisotopic (exact) mass is 255 g/mol. The van der Waals surface area contributed by atoms with Crippen LogP contribution < -0.4 is 6.95 Å². The Kier molecular flexibility index (Phi) is 10.3. The maximum atomic E-state index is 5.52. The van der Waals surface area contributed by atoms with E-state index < -0.39 is 23.5 Å². The summed E-state index contributed by atoms with van der Waals surface area (Å²) in [5, 5.41) is 0. The Bertz CT molecular complexity index is 157. The van der Waals surface area contributed by atoms with Crippen LogP contribution in [-0.2, 0) is 23.5 Å². The molecule has 0 aliphatic heterocycles. The second-order valence-corrected chi connectivity index (χ2v) is 3.64. The van der Waals surface area contributed by atoms with Gasteiger partial charge in [0.25, 0.3) is 0 Å². The molecular formula is C6H9Cl2NZr. The van der Waals surface area contributed by atoms with Gasteiger partial charge in [-0.3, -0.25) is 0 Å². The van der Waals surface area contributed by atoms with E-state index in [9.17, 15) is 0 Å². The van der Waals surface area contributed by atoms with E-state index in [0.717, 1.165) is 0 Å². The first-order chi connectivity index (χ1) is 3.93. The molecule has 0 atom stereocenters. The molecule has 0 aliphatic carbocycles. The topological polar surface area (TPSA) is 26.0 Å². The van der Waals surface area contributed by atoms with Crippen LogP contribution in [0.5, 0.6) is 0 Å². The summed E-state index contributed by atoms with van der Waals surface area (Å²) in [6, 6.07) is 10.3. The molecule has 2 N–H and O–H groups in total. The molecule has 1 rings (SSSR count). The van der Waals surface area contributed by atoms with E-state index in [-0.39, 0.29) is 24.8 Å². The van der Waals surface area contributed by atoms with Crippen molar-refractivity contribution in [3.8, 4) is 0 Å². The summed E-state index contributed by atoms with van der Waals surface area (Å²) in [6.07, 6.45) is 0. The van der Waals surface area contributed by atoms with Gasteiger partial charge in [-0.1, -0.05) is 0 Å². The molecule has 1 aromatic carbocycles. The summed E-state index contributed by atoms with van der Waals surface area (Å²) in [5.41, 5.74) is 0. The van der Waals surface area contributed by atoms with Gasteiger partial charge in [0.15, 0.2) is 0 Å². The molecule has 1 nitrogen and oxygen atoms in total. The molecule has 0 saturated heterocycles. The molecule has 0 bridgehead atoms. The van der Waals surface area contributed by atoms with Gasteiger partial charge in [0.05, 0.1) is 0 Å². The first kappa shape index (κ1) is 13.2. The molecular weight excluding hydrogens is 248 g/mol. The van der Waals surface area contributed by atoms with Gasteiger partial charge in [-0.2, -0.15) is 0 Å². The molecule has 4 heteroatoms. The van der Waals surface area contributed by atoms with Crippen LogP contribution in [0.1, 0.15) is 0 Å². The van der Waals surface area contributed by atoms with Crippen molar-refractivity contribution in [1.82, 2.24) is 0 Å². The van der Waals surface area contributed by atoms with Crippen LogP contribution in [0.2, 0.25) is 0 Å². The number of nitrogens with two attached hydrogens (primary N) is 1. The predicted octanol–water partition coefficient (Wildman–Crippen LogP) is 1.11. The standard InChI is InChI=1S/C6H5.2ClH.H2N.Zr/c1-2-4-6-5-3-1;;;;/h1-5H;2*1H;1H2;/q;;;-1;+1. The molecule has 0 aromatic heterocycles. The van der Waals surface area contributed by atoms with E-state index in [0.29, 0.717) is 0 Å². The Morgan fingerprint density at radius 2 is 1.50 bits per heavy atom. The number of hydrogen-bond donors (Lipinski definition) is 1. The Hall–Kier alpha value is 0.643. The van der Waals surface area contributed by atoms with E-state index in [1.807, 2.05) is 18.2 Å². The predicted molar refractivity (Wildman–Crippen MR) is 44.8 cm³/mol. The van der Waals surface area contributed by atoms with Crippen molar-refractivity contribution in [3.63, 3.8) is 0 Å². The Morgan fingerprint density at radius 1 is 1.00 bits per heavy atom. The fourth-order valence-electron chi connectivity index (χ4n) is 0.534. The molecule has 56 valence electrons. The minimum absolute atomic E-state index is 0. The second-order valence-electron chi connectivity index (χ2n) is 1.51. The summed E-state index contributed by atoms with van der Waals surface area (Å²) in [6.45, 7) is 0. The van der Waals surface area contributed by atoms with E-state index in [2.05, 4.69) is 12.1 Å². The number of halogens is 2. The second kappa shape index (κ2) is 7.75. The SMILES string of the molecule is Cl.Cl.[NH2][Zr][c]1ccccc1. The van der Waals surface area contributed by atoms with Gasteiger partial charge in [0, 0.05) is 0 Å². The minimum atomic E-state index is -0.644. The third-order valence-corrected chi connectivity index (χ3v) is 2.58. The van der Waals surface area contributed by atoms with Crippen molar-refractivity contribution in [2.75, 3.05) is 0 Å². The van der Waals surface area contributed by atoms with Gasteiger partial charge in [-0.25, -0.2) is 0 Å². The van der Waals surface area contributed by atoms with Gasteiger partial charge in [0.1, 0.15) is 0 Å². The van der Waals surface area contributed by atoms with Crippen molar-refractivity contribution < 1.29 is 23.5 Å². The Balaban J connectivity index is 0. The third kappa shape index (κ3) is 4.46. The van der Waals surface area contributed by atoms with Crippen LogP contribution in [-0.4, -0.2) is 0 Å². The zero-order valence-electron chi connectivity index (χ0n) is 5.28. The average molecular weight is 257 g/mol. The van der Waals surface area contributed by atoms with Crippen LogP contribution in [0.15, 0.2) is 30.3 Å². The molecule has 1 aromatic rings. The summed E-state index contributed by atoms with van der Waals surface area (Å²) >= 11 is -0.644. The number of rotatable bonds is 1. The molecule has 0 saturated carbocycles. The number of hydrogen-bond acceptors (Lipinski definition) is 1. The van der Waals surface area contributed by atoms with Crippen molar-refractivity contribution in [2.24, 2.45) is 3.68 Å². The summed E-state index contributed by atoms with van der Waals surface area (Å²) in [4.78, 5) is 0. The van der Waals surface area contributed by atoms with E-state index in [4.69, 9.17) is 3.68 Å². The van der Waals surface area contributed by atoms with Gasteiger partial charge in [0.2, 0.25) is 0 Å². The molecule has 0 unspecified atom stereocenters. The zero-order chi connectivity index (χ0) is 5.82. The molecule has 0 spiro atoms. The molecule has 0 radical (unpaired) electrons. The van der Waals surface area contributed by atoms with Gasteiger partial charge in [-0.05, 0) is 0 Å². The summed E-state index contributed by atoms with van der Waals surface area (Å²) < 4.78 is 6.88. The van der Waals surface area contributed by atoms with Gasteiger partial charge >= 0.3 is 60.8 Å². The normalized spacial score (nSPS) is 6.90. The van der Waals surface area contributed by atoms with Crippen LogP contribution in [0, 0.1) is 0 Å². The van der Waals surface area contributed by atoms with E-state index >= 15 is 0 Å². The van der Waals surface area contributed by atoms with Crippen LogP contribution in [0.25, 0.3) is 0 Å². The molecule has 10 heavy (non-hydrogen) atoms. The Morgan fingerprint density at radius 3 is 1.80 bits per heavy atom. The van der Waals surface area contributed by atoms with Crippen LogP contribution >= 0.6 is 24.8 Å². The van der Waals surface area contributed by atoms with E-state index in [1.165, 1.54) is 3.27 Å². The molecule has 0 aliphatic rings. The quantitative estimate of drug-likeness (QED) is 0.801. The fourth-order valence-corrected chi connectivity index (χ4v) is 1.48. The van der Waals surface area contributed by atoms with Crippen molar-refractivity contribution in [3.05, 3.63) is 30.3 Å². The van der Waals surface area contributed by atoms with Crippen molar-refractivity contribution in [1.29, 1.82) is 0 Å². The van der Waals surface area contributed by atoms with E-state index in [1.54, 1.807) is 0 Å². The first-order valence-electron chi connectivity index (χ1n) is 2.45. The molecule has 0 heterocycles. The Labute approximate surface area is 85.2 Å². The van der Waals surface area contributed by atoms with Crippen LogP contribution in [0.3, 0.4) is 0 Å². The van der Waals surface area contributed by atoms with Crippen molar-refractivity contribution >= 4 is 28.1 Å². The molecule has 0 amide bonds. The van der Waals surface area contributed by atoms with Gasteiger partial charge in [-0.15, -0.1) is 24.8 Å². The number of benzene rings is 1. The summed E-state index contributed by atoms with van der Waals surface area (Å²) in [5.74, 6) is 0. The summed E-state index contributed by atoms with van der Waals surface area (Å²) in [7, 11) is 0. The van der Waals surface area contributed by atoms with Gasteiger partial charge < -0.3 is 0 Å². The maximum absolute atomic E-state index is 5.52. The third-order valence-electron chi connectivity index (χ3n) is 0.940. The van der Waals surface area contributed by atoms with Crippen molar-refractivity contribution in [2.45, 2.75) is 0 Å². The zero-order valence-corrected chi connectivity index (χ0v) is 9.37.